The molecule has 0 radical (unpaired) electrons. The van der Waals surface area contributed by atoms with Crippen LogP contribution in [0.2, 0.25) is 0 Å². The van der Waals surface area contributed by atoms with Crippen molar-refractivity contribution in [3.05, 3.63) is 23.8 Å². The highest BCUT2D eigenvalue weighted by Gasteiger charge is 2.30. The van der Waals surface area contributed by atoms with Gasteiger partial charge in [0.1, 0.15) is 0 Å². The number of nitrogens with zero attached hydrogens (tertiary/aromatic N) is 1. The maximum Gasteiger partial charge on any atom is 0.0422 e. The standard InChI is InChI=1S/C16H24N2/c1-2-12-5-3-6-13(11-12)18-10-9-14-15(17)7-4-8-16(14)18/h4,7-8,12-13H,2-3,5-6,9-11,17H2,1H3. The number of benzene rings is 1. The maximum atomic E-state index is 6.09. The molecule has 0 amide bonds. The summed E-state index contributed by atoms with van der Waals surface area (Å²) >= 11 is 0. The lowest BCUT2D eigenvalue weighted by Gasteiger charge is -2.36. The molecular formula is C16H24N2. The maximum absolute atomic E-state index is 6.09. The minimum atomic E-state index is 0.756. The fourth-order valence-corrected chi connectivity index (χ4v) is 3.78. The van der Waals surface area contributed by atoms with Crippen molar-refractivity contribution in [2.24, 2.45) is 5.92 Å². The van der Waals surface area contributed by atoms with Crippen LogP contribution in [0.4, 0.5) is 11.4 Å². The number of hydrogen-bond acceptors (Lipinski definition) is 2. The van der Waals surface area contributed by atoms with E-state index in [1.165, 1.54) is 49.9 Å². The van der Waals surface area contributed by atoms with Crippen LogP contribution in [0.25, 0.3) is 0 Å². The van der Waals surface area contributed by atoms with Gasteiger partial charge in [0.05, 0.1) is 0 Å². The Hall–Kier alpha value is -1.18. The van der Waals surface area contributed by atoms with Crippen LogP contribution in [-0.4, -0.2) is 12.6 Å². The molecule has 2 atom stereocenters. The summed E-state index contributed by atoms with van der Waals surface area (Å²) in [5.41, 5.74) is 9.87. The molecule has 1 saturated carbocycles. The molecule has 1 fully saturated rings. The highest BCUT2D eigenvalue weighted by atomic mass is 15.2. The van der Waals surface area contributed by atoms with Gasteiger partial charge in [-0.3, -0.25) is 0 Å². The first-order valence-electron chi connectivity index (χ1n) is 7.43. The summed E-state index contributed by atoms with van der Waals surface area (Å²) in [5, 5.41) is 0. The number of rotatable bonds is 2. The van der Waals surface area contributed by atoms with E-state index in [0.717, 1.165) is 24.1 Å². The number of hydrogen-bond donors (Lipinski definition) is 1. The molecule has 0 spiro atoms. The van der Waals surface area contributed by atoms with Crippen molar-refractivity contribution in [1.29, 1.82) is 0 Å². The van der Waals surface area contributed by atoms with E-state index in [-0.39, 0.29) is 0 Å². The summed E-state index contributed by atoms with van der Waals surface area (Å²) in [6.45, 7) is 3.51. The molecule has 2 heteroatoms. The number of nitrogen functional groups attached to an aromatic ring is 1. The summed E-state index contributed by atoms with van der Waals surface area (Å²) in [6, 6.07) is 7.16. The molecule has 0 saturated heterocycles. The molecule has 2 N–H and O–H groups in total. The van der Waals surface area contributed by atoms with Gasteiger partial charge in [-0.25, -0.2) is 0 Å². The van der Waals surface area contributed by atoms with E-state index in [9.17, 15) is 0 Å². The molecule has 2 unspecified atom stereocenters. The first-order valence-corrected chi connectivity index (χ1v) is 7.43. The third-order valence-corrected chi connectivity index (χ3v) is 4.87. The molecule has 2 nitrogen and oxygen atoms in total. The Morgan fingerprint density at radius 2 is 2.22 bits per heavy atom. The van der Waals surface area contributed by atoms with E-state index in [2.05, 4.69) is 24.0 Å². The summed E-state index contributed by atoms with van der Waals surface area (Å²) in [7, 11) is 0. The van der Waals surface area contributed by atoms with Crippen LogP contribution in [-0.2, 0) is 6.42 Å². The average molecular weight is 244 g/mol. The Labute approximate surface area is 110 Å². The summed E-state index contributed by atoms with van der Waals surface area (Å²) in [4.78, 5) is 2.63. The van der Waals surface area contributed by atoms with Crippen molar-refractivity contribution in [2.75, 3.05) is 17.2 Å². The first kappa shape index (κ1) is 11.9. The summed E-state index contributed by atoms with van der Waals surface area (Å²) in [6.07, 6.45) is 8.06. The zero-order valence-electron chi connectivity index (χ0n) is 11.4. The van der Waals surface area contributed by atoms with E-state index >= 15 is 0 Å². The Kier molecular flexibility index (Phi) is 3.19. The predicted octanol–water partition coefficient (Wildman–Crippen LogP) is 3.60. The van der Waals surface area contributed by atoms with Crippen molar-refractivity contribution < 1.29 is 0 Å². The Balaban J connectivity index is 1.81. The van der Waals surface area contributed by atoms with Crippen molar-refractivity contribution in [3.63, 3.8) is 0 Å². The van der Waals surface area contributed by atoms with E-state index in [1.54, 1.807) is 0 Å². The molecule has 1 aromatic carbocycles. The van der Waals surface area contributed by atoms with Gasteiger partial charge in [-0.2, -0.15) is 0 Å². The van der Waals surface area contributed by atoms with Crippen LogP contribution in [0.3, 0.4) is 0 Å². The van der Waals surface area contributed by atoms with Crippen molar-refractivity contribution in [2.45, 2.75) is 51.5 Å². The molecular weight excluding hydrogens is 220 g/mol. The average Bonchev–Trinajstić information content (AvgIpc) is 2.84. The summed E-state index contributed by atoms with van der Waals surface area (Å²) in [5.74, 6) is 0.939. The lowest BCUT2D eigenvalue weighted by molar-refractivity contribution is 0.305. The van der Waals surface area contributed by atoms with Crippen LogP contribution in [0.15, 0.2) is 18.2 Å². The van der Waals surface area contributed by atoms with Gasteiger partial charge in [0.2, 0.25) is 0 Å². The van der Waals surface area contributed by atoms with Gasteiger partial charge in [-0.15, -0.1) is 0 Å². The molecule has 98 valence electrons. The van der Waals surface area contributed by atoms with Gasteiger partial charge < -0.3 is 10.6 Å². The number of fused-ring (bicyclic) bond motifs is 1. The van der Waals surface area contributed by atoms with Crippen LogP contribution in [0, 0.1) is 5.92 Å². The van der Waals surface area contributed by atoms with Gasteiger partial charge in [-0.1, -0.05) is 32.3 Å². The highest BCUT2D eigenvalue weighted by molar-refractivity contribution is 5.68. The fourth-order valence-electron chi connectivity index (χ4n) is 3.78. The zero-order valence-corrected chi connectivity index (χ0v) is 11.4. The zero-order chi connectivity index (χ0) is 12.5. The minimum absolute atomic E-state index is 0.756. The lowest BCUT2D eigenvalue weighted by Crippen LogP contribution is -2.37. The topological polar surface area (TPSA) is 29.3 Å². The molecule has 18 heavy (non-hydrogen) atoms. The molecule has 2 aliphatic rings. The molecule has 1 aromatic rings. The molecule has 0 aromatic heterocycles. The van der Waals surface area contributed by atoms with Gasteiger partial charge >= 0.3 is 0 Å². The predicted molar refractivity (Wildman–Crippen MR) is 77.9 cm³/mol. The third-order valence-electron chi connectivity index (χ3n) is 4.87. The lowest BCUT2D eigenvalue weighted by atomic mass is 9.83. The van der Waals surface area contributed by atoms with Gasteiger partial charge in [0, 0.05) is 29.5 Å². The second-order valence-electron chi connectivity index (χ2n) is 5.88. The van der Waals surface area contributed by atoms with E-state index < -0.39 is 0 Å². The summed E-state index contributed by atoms with van der Waals surface area (Å²) < 4.78 is 0. The van der Waals surface area contributed by atoms with Crippen molar-refractivity contribution >= 4 is 11.4 Å². The highest BCUT2D eigenvalue weighted by Crippen LogP contribution is 2.38. The van der Waals surface area contributed by atoms with Gasteiger partial charge in [0.15, 0.2) is 0 Å². The quantitative estimate of drug-likeness (QED) is 0.805. The normalized spacial score (nSPS) is 27.3. The van der Waals surface area contributed by atoms with Crippen LogP contribution in [0.5, 0.6) is 0 Å². The molecule has 3 rings (SSSR count). The fraction of sp³-hybridized carbons (Fsp3) is 0.625. The van der Waals surface area contributed by atoms with Crippen LogP contribution >= 0.6 is 0 Å². The van der Waals surface area contributed by atoms with E-state index in [0.29, 0.717) is 0 Å². The van der Waals surface area contributed by atoms with E-state index in [4.69, 9.17) is 5.73 Å². The van der Waals surface area contributed by atoms with Gasteiger partial charge in [0.25, 0.3) is 0 Å². The second-order valence-corrected chi connectivity index (χ2v) is 5.88. The first-order chi connectivity index (χ1) is 8.79. The Morgan fingerprint density at radius 1 is 1.33 bits per heavy atom. The molecule has 1 aliphatic heterocycles. The second kappa shape index (κ2) is 4.83. The number of anilines is 2. The molecule has 1 heterocycles. The van der Waals surface area contributed by atoms with Crippen molar-refractivity contribution in [3.8, 4) is 0 Å². The monoisotopic (exact) mass is 244 g/mol. The Bertz CT molecular complexity index is 427. The van der Waals surface area contributed by atoms with Crippen molar-refractivity contribution in [1.82, 2.24) is 0 Å². The minimum Gasteiger partial charge on any atom is -0.398 e. The SMILES string of the molecule is CCC1CCCC(N2CCc3c(N)cccc32)C1. The molecule has 1 aliphatic carbocycles. The Morgan fingerprint density at radius 3 is 3.06 bits per heavy atom. The van der Waals surface area contributed by atoms with E-state index in [1.807, 2.05) is 6.07 Å². The van der Waals surface area contributed by atoms with Gasteiger partial charge in [-0.05, 0) is 37.3 Å². The van der Waals surface area contributed by atoms with Crippen LogP contribution < -0.4 is 10.6 Å². The smallest absolute Gasteiger partial charge is 0.0422 e. The number of nitrogens with two attached hydrogens (primary N) is 1. The molecule has 0 bridgehead atoms. The largest absolute Gasteiger partial charge is 0.398 e. The third kappa shape index (κ3) is 1.98. The van der Waals surface area contributed by atoms with Crippen LogP contribution in [0.1, 0.15) is 44.6 Å².